The van der Waals surface area contributed by atoms with E-state index in [1.54, 1.807) is 6.92 Å². The van der Waals surface area contributed by atoms with E-state index < -0.39 is 22.8 Å². The topological polar surface area (TPSA) is 63.6 Å². The summed E-state index contributed by atoms with van der Waals surface area (Å²) in [5.74, 6) is 0.202. The molecule has 2 heterocycles. The third kappa shape index (κ3) is 3.09. The summed E-state index contributed by atoms with van der Waals surface area (Å²) in [5, 5.41) is 2.96. The van der Waals surface area contributed by atoms with Crippen molar-refractivity contribution in [2.75, 3.05) is 0 Å². The zero-order chi connectivity index (χ0) is 18.5. The average molecular weight is 412 g/mol. The molecule has 0 bridgehead atoms. The van der Waals surface area contributed by atoms with E-state index in [2.05, 4.69) is 15.1 Å². The summed E-state index contributed by atoms with van der Waals surface area (Å²) in [6.07, 6.45) is -4.56. The summed E-state index contributed by atoms with van der Waals surface area (Å²) in [5.41, 5.74) is -2.66. The molecule has 0 aliphatic carbocycles. The Morgan fingerprint density at radius 1 is 1.20 bits per heavy atom. The second kappa shape index (κ2) is 6.19. The van der Waals surface area contributed by atoms with Crippen LogP contribution in [-0.2, 0) is 12.6 Å². The number of aromatic amines is 1. The number of halogens is 6. The number of H-pyrrole nitrogens is 1. The van der Waals surface area contributed by atoms with Crippen molar-refractivity contribution in [3.05, 3.63) is 49.1 Å². The molecule has 0 unspecified atom stereocenters. The minimum Gasteiger partial charge on any atom is -0.310 e. The highest BCUT2D eigenvalue weighted by Crippen LogP contribution is 2.37. The third-order valence-electron chi connectivity index (χ3n) is 3.38. The van der Waals surface area contributed by atoms with Gasteiger partial charge in [0.2, 0.25) is 0 Å². The van der Waals surface area contributed by atoms with Crippen molar-refractivity contribution in [2.45, 2.75) is 19.5 Å². The van der Waals surface area contributed by atoms with E-state index in [0.717, 1.165) is 4.68 Å². The zero-order valence-electron chi connectivity index (χ0n) is 12.4. The lowest BCUT2D eigenvalue weighted by Gasteiger charge is -2.09. The van der Waals surface area contributed by atoms with E-state index in [0.29, 0.717) is 6.42 Å². The van der Waals surface area contributed by atoms with E-state index in [-0.39, 0.29) is 32.2 Å². The van der Waals surface area contributed by atoms with E-state index in [1.807, 2.05) is 0 Å². The van der Waals surface area contributed by atoms with Gasteiger partial charge in [-0.2, -0.15) is 18.3 Å². The Kier molecular flexibility index (Phi) is 4.47. The first-order valence-electron chi connectivity index (χ1n) is 6.87. The van der Waals surface area contributed by atoms with Crippen molar-refractivity contribution in [3.63, 3.8) is 0 Å². The Hall–Kier alpha value is -1.77. The summed E-state index contributed by atoms with van der Waals surface area (Å²) >= 11 is 18.0. The number of hydrogen-bond acceptors (Lipinski definition) is 3. The van der Waals surface area contributed by atoms with Gasteiger partial charge < -0.3 is 4.98 Å². The van der Waals surface area contributed by atoms with Gasteiger partial charge in [0.25, 0.3) is 5.56 Å². The molecule has 0 aliphatic rings. The summed E-state index contributed by atoms with van der Waals surface area (Å²) in [6, 6.07) is 2.61. The number of benzene rings is 1. The number of aryl methyl sites for hydroxylation is 1. The lowest BCUT2D eigenvalue weighted by atomic mass is 10.2. The predicted octanol–water partition coefficient (Wildman–Crippen LogP) is 4.65. The molecule has 0 atom stereocenters. The Bertz CT molecular complexity index is 1020. The van der Waals surface area contributed by atoms with Gasteiger partial charge in [-0.3, -0.25) is 4.79 Å². The number of hydrogen-bond donors (Lipinski definition) is 1. The summed E-state index contributed by atoms with van der Waals surface area (Å²) in [7, 11) is 0. The van der Waals surface area contributed by atoms with Crippen molar-refractivity contribution in [1.29, 1.82) is 0 Å². The van der Waals surface area contributed by atoms with Crippen molar-refractivity contribution in [1.82, 2.24) is 19.7 Å². The molecule has 0 fully saturated rings. The summed E-state index contributed by atoms with van der Waals surface area (Å²) in [6.45, 7) is 1.69. The number of aromatic nitrogens is 4. The first kappa shape index (κ1) is 18.0. The van der Waals surface area contributed by atoms with Crippen molar-refractivity contribution >= 4 is 45.8 Å². The van der Waals surface area contributed by atoms with Gasteiger partial charge in [-0.15, -0.1) is 0 Å². The van der Waals surface area contributed by atoms with Crippen LogP contribution in [0.2, 0.25) is 15.1 Å². The molecule has 1 aromatic carbocycles. The highest BCUT2D eigenvalue weighted by molar-refractivity contribution is 6.40. The molecule has 0 saturated heterocycles. The lowest BCUT2D eigenvalue weighted by molar-refractivity contribution is -0.140. The monoisotopic (exact) mass is 410 g/mol. The zero-order valence-corrected chi connectivity index (χ0v) is 14.6. The molecule has 2 aromatic heterocycles. The van der Waals surface area contributed by atoms with E-state index >= 15 is 0 Å². The Balaban J connectivity index is 2.48. The number of nitrogens with one attached hydrogen (secondary N) is 1. The van der Waals surface area contributed by atoms with Crippen LogP contribution in [0.3, 0.4) is 0 Å². The maximum Gasteiger partial charge on any atom is 0.436 e. The molecule has 0 aliphatic heterocycles. The van der Waals surface area contributed by atoms with Gasteiger partial charge in [0.15, 0.2) is 11.3 Å². The maximum absolute atomic E-state index is 13.3. The Labute approximate surface area is 153 Å². The fourth-order valence-corrected chi connectivity index (χ4v) is 3.31. The van der Waals surface area contributed by atoms with Crippen molar-refractivity contribution < 1.29 is 13.2 Å². The minimum absolute atomic E-state index is 0.0317. The molecule has 132 valence electrons. The Morgan fingerprint density at radius 3 is 2.32 bits per heavy atom. The van der Waals surface area contributed by atoms with Crippen molar-refractivity contribution in [2.24, 2.45) is 0 Å². The van der Waals surface area contributed by atoms with Gasteiger partial charge in [0.1, 0.15) is 16.9 Å². The fraction of sp³-hybridized carbons (Fsp3) is 0.214. The second-order valence-electron chi connectivity index (χ2n) is 5.04. The number of fused-ring (bicyclic) bond motifs is 1. The highest BCUT2D eigenvalue weighted by atomic mass is 35.5. The van der Waals surface area contributed by atoms with E-state index in [9.17, 15) is 18.0 Å². The van der Waals surface area contributed by atoms with Gasteiger partial charge >= 0.3 is 6.18 Å². The van der Waals surface area contributed by atoms with Gasteiger partial charge in [-0.05, 0) is 12.1 Å². The molecule has 0 saturated carbocycles. The second-order valence-corrected chi connectivity index (χ2v) is 6.29. The van der Waals surface area contributed by atoms with Gasteiger partial charge in [-0.25, -0.2) is 9.67 Å². The van der Waals surface area contributed by atoms with Gasteiger partial charge in [0.05, 0.1) is 10.0 Å². The SMILES string of the molecule is CCc1nc2c(c(C(F)(F)F)nn2-c2c(Cl)cc(Cl)cc2Cl)c(=O)[nH]1. The largest absolute Gasteiger partial charge is 0.436 e. The molecule has 0 amide bonds. The average Bonchev–Trinajstić information content (AvgIpc) is 2.86. The number of nitrogens with zero attached hydrogens (tertiary/aromatic N) is 3. The predicted molar refractivity (Wildman–Crippen MR) is 88.9 cm³/mol. The molecular formula is C14H8Cl3F3N4O. The molecule has 25 heavy (non-hydrogen) atoms. The summed E-state index contributed by atoms with van der Waals surface area (Å²) < 4.78 is 40.8. The van der Waals surface area contributed by atoms with Crippen LogP contribution in [0.1, 0.15) is 18.4 Å². The molecule has 0 spiro atoms. The number of alkyl halides is 3. The standard InChI is InChI=1S/C14H8Cl3F3N4O/c1-2-8-21-12-9(13(25)22-8)11(14(18,19)20)23-24(12)10-6(16)3-5(15)4-7(10)17/h3-4H,2H2,1H3,(H,21,22,25). The van der Waals surface area contributed by atoms with Crippen LogP contribution in [-0.4, -0.2) is 19.7 Å². The molecular weight excluding hydrogens is 404 g/mol. The molecule has 1 N–H and O–H groups in total. The quantitative estimate of drug-likeness (QED) is 0.667. The maximum atomic E-state index is 13.3. The molecule has 3 rings (SSSR count). The van der Waals surface area contributed by atoms with E-state index in [1.165, 1.54) is 12.1 Å². The van der Waals surface area contributed by atoms with Crippen molar-refractivity contribution in [3.8, 4) is 5.69 Å². The smallest absolute Gasteiger partial charge is 0.310 e. The van der Waals surface area contributed by atoms with Gasteiger partial charge in [0, 0.05) is 11.4 Å². The van der Waals surface area contributed by atoms with E-state index in [4.69, 9.17) is 34.8 Å². The van der Waals surface area contributed by atoms with Crippen LogP contribution in [0, 0.1) is 0 Å². The van der Waals surface area contributed by atoms with Crippen LogP contribution in [0.4, 0.5) is 13.2 Å². The number of rotatable bonds is 2. The molecule has 0 radical (unpaired) electrons. The fourth-order valence-electron chi connectivity index (χ4n) is 2.33. The van der Waals surface area contributed by atoms with Crippen LogP contribution >= 0.6 is 34.8 Å². The highest BCUT2D eigenvalue weighted by Gasteiger charge is 2.39. The van der Waals surface area contributed by atoms with Gasteiger partial charge in [-0.1, -0.05) is 41.7 Å². The Morgan fingerprint density at radius 2 is 1.80 bits per heavy atom. The van der Waals surface area contributed by atoms with Crippen LogP contribution < -0.4 is 5.56 Å². The third-order valence-corrected chi connectivity index (χ3v) is 4.18. The van der Waals surface area contributed by atoms with Crippen LogP contribution in [0.15, 0.2) is 16.9 Å². The van der Waals surface area contributed by atoms with Crippen LogP contribution in [0.25, 0.3) is 16.7 Å². The molecule has 5 nitrogen and oxygen atoms in total. The normalized spacial score (nSPS) is 12.1. The lowest BCUT2D eigenvalue weighted by Crippen LogP contribution is -2.15. The minimum atomic E-state index is -4.86. The summed E-state index contributed by atoms with van der Waals surface area (Å²) in [4.78, 5) is 18.5. The van der Waals surface area contributed by atoms with Crippen LogP contribution in [0.5, 0.6) is 0 Å². The molecule has 11 heteroatoms. The first-order chi connectivity index (χ1) is 11.6. The first-order valence-corrected chi connectivity index (χ1v) is 8.01. The molecule has 3 aromatic rings.